The van der Waals surface area contributed by atoms with Crippen molar-refractivity contribution in [2.24, 2.45) is 0 Å². The molecule has 0 spiro atoms. The lowest BCUT2D eigenvalue weighted by atomic mass is 10.2. The van der Waals surface area contributed by atoms with Crippen LogP contribution in [0.5, 0.6) is 5.75 Å². The molecule has 0 fully saturated rings. The standard InChI is InChI=1S/C12H15N3O3S/c1-2-5-10(17)13-12(19)15-14-11(18)8-6-3-4-7-9(8)16/h3-4,6-7,16H,2,5H2,1H3,(H,14,18)(H2,13,15,17,19). The topological polar surface area (TPSA) is 90.5 Å². The van der Waals surface area contributed by atoms with Crippen LogP contribution in [0.3, 0.4) is 0 Å². The van der Waals surface area contributed by atoms with Crippen molar-refractivity contribution in [3.05, 3.63) is 29.8 Å². The van der Waals surface area contributed by atoms with E-state index in [1.807, 2.05) is 6.92 Å². The van der Waals surface area contributed by atoms with Gasteiger partial charge in [0.25, 0.3) is 5.91 Å². The third kappa shape index (κ3) is 4.92. The van der Waals surface area contributed by atoms with Crippen molar-refractivity contribution in [2.45, 2.75) is 19.8 Å². The van der Waals surface area contributed by atoms with Gasteiger partial charge in [0, 0.05) is 6.42 Å². The average molecular weight is 281 g/mol. The van der Waals surface area contributed by atoms with Gasteiger partial charge in [0.05, 0.1) is 5.56 Å². The number of amides is 2. The summed E-state index contributed by atoms with van der Waals surface area (Å²) in [6.45, 7) is 1.87. The maximum absolute atomic E-state index is 11.7. The second-order valence-corrected chi connectivity index (χ2v) is 4.13. The predicted octanol–water partition coefficient (Wildman–Crippen LogP) is 0.828. The van der Waals surface area contributed by atoms with Gasteiger partial charge in [-0.1, -0.05) is 19.1 Å². The number of phenolic OH excluding ortho intramolecular Hbond substituents is 1. The molecule has 4 N–H and O–H groups in total. The summed E-state index contributed by atoms with van der Waals surface area (Å²) in [5, 5.41) is 11.9. The maximum atomic E-state index is 11.7. The van der Waals surface area contributed by atoms with Crippen LogP contribution in [0.2, 0.25) is 0 Å². The first kappa shape index (κ1) is 14.9. The molecule has 102 valence electrons. The van der Waals surface area contributed by atoms with Crippen molar-refractivity contribution >= 4 is 29.1 Å². The van der Waals surface area contributed by atoms with Crippen LogP contribution >= 0.6 is 12.2 Å². The lowest BCUT2D eigenvalue weighted by Crippen LogP contribution is -2.48. The number of para-hydroxylation sites is 1. The Bertz CT molecular complexity index is 491. The van der Waals surface area contributed by atoms with Crippen LogP contribution in [0.25, 0.3) is 0 Å². The number of hydrogen-bond acceptors (Lipinski definition) is 4. The Morgan fingerprint density at radius 3 is 2.58 bits per heavy atom. The van der Waals surface area contributed by atoms with E-state index in [0.29, 0.717) is 12.8 Å². The molecule has 0 aromatic heterocycles. The number of rotatable bonds is 3. The summed E-state index contributed by atoms with van der Waals surface area (Å²) in [6.07, 6.45) is 1.06. The SMILES string of the molecule is CCCC(=O)NC(=S)NNC(=O)c1ccccc1O. The minimum absolute atomic E-state index is 0.00206. The van der Waals surface area contributed by atoms with Crippen molar-refractivity contribution in [3.63, 3.8) is 0 Å². The minimum atomic E-state index is -0.551. The van der Waals surface area contributed by atoms with Crippen LogP contribution in [0.4, 0.5) is 0 Å². The molecule has 0 aliphatic heterocycles. The number of thiocarbonyl (C=S) groups is 1. The number of hydrazine groups is 1. The number of nitrogens with one attached hydrogen (secondary N) is 3. The molecule has 1 rings (SSSR count). The summed E-state index contributed by atoms with van der Waals surface area (Å²) in [5.74, 6) is -0.912. The van der Waals surface area contributed by atoms with Crippen LogP contribution in [0.15, 0.2) is 24.3 Å². The van der Waals surface area contributed by atoms with E-state index in [1.165, 1.54) is 12.1 Å². The number of carbonyl (C=O) groups excluding carboxylic acids is 2. The van der Waals surface area contributed by atoms with Gasteiger partial charge in [0.15, 0.2) is 5.11 Å². The Labute approximate surface area is 116 Å². The normalized spacial score (nSPS) is 9.53. The molecule has 1 aromatic rings. The molecular weight excluding hydrogens is 266 g/mol. The molecule has 0 saturated heterocycles. The second kappa shape index (κ2) is 7.32. The fourth-order valence-electron chi connectivity index (χ4n) is 1.29. The van der Waals surface area contributed by atoms with Gasteiger partial charge in [0.1, 0.15) is 5.75 Å². The van der Waals surface area contributed by atoms with Gasteiger partial charge in [-0.2, -0.15) is 0 Å². The zero-order valence-corrected chi connectivity index (χ0v) is 11.2. The molecule has 0 atom stereocenters. The van der Waals surface area contributed by atoms with E-state index >= 15 is 0 Å². The number of carbonyl (C=O) groups is 2. The molecule has 6 nitrogen and oxygen atoms in total. The monoisotopic (exact) mass is 281 g/mol. The van der Waals surface area contributed by atoms with Crippen molar-refractivity contribution in [1.29, 1.82) is 0 Å². The first-order valence-electron chi connectivity index (χ1n) is 5.72. The van der Waals surface area contributed by atoms with E-state index in [9.17, 15) is 14.7 Å². The highest BCUT2D eigenvalue weighted by Crippen LogP contribution is 2.14. The van der Waals surface area contributed by atoms with Crippen LogP contribution in [-0.4, -0.2) is 22.0 Å². The Morgan fingerprint density at radius 1 is 1.26 bits per heavy atom. The smallest absolute Gasteiger partial charge is 0.273 e. The zero-order chi connectivity index (χ0) is 14.3. The van der Waals surface area contributed by atoms with Crippen LogP contribution in [-0.2, 0) is 4.79 Å². The lowest BCUT2D eigenvalue weighted by Gasteiger charge is -2.11. The molecule has 0 saturated carbocycles. The Kier molecular flexibility index (Phi) is 5.74. The van der Waals surface area contributed by atoms with Crippen molar-refractivity contribution < 1.29 is 14.7 Å². The molecule has 0 bridgehead atoms. The molecule has 7 heteroatoms. The maximum Gasteiger partial charge on any atom is 0.273 e. The third-order valence-electron chi connectivity index (χ3n) is 2.17. The molecule has 0 aliphatic carbocycles. The highest BCUT2D eigenvalue weighted by atomic mass is 32.1. The van der Waals surface area contributed by atoms with E-state index < -0.39 is 5.91 Å². The van der Waals surface area contributed by atoms with Gasteiger partial charge in [-0.05, 0) is 30.8 Å². The molecule has 1 aromatic carbocycles. The van der Waals surface area contributed by atoms with Crippen LogP contribution < -0.4 is 16.2 Å². The van der Waals surface area contributed by atoms with Gasteiger partial charge < -0.3 is 10.4 Å². The molecule has 19 heavy (non-hydrogen) atoms. The van der Waals surface area contributed by atoms with E-state index in [2.05, 4.69) is 16.2 Å². The summed E-state index contributed by atoms with van der Waals surface area (Å²) < 4.78 is 0. The lowest BCUT2D eigenvalue weighted by molar-refractivity contribution is -0.119. The summed E-state index contributed by atoms with van der Waals surface area (Å²) >= 11 is 4.83. The first-order valence-corrected chi connectivity index (χ1v) is 6.13. The Balaban J connectivity index is 2.45. The van der Waals surface area contributed by atoms with Gasteiger partial charge in [-0.3, -0.25) is 20.4 Å². The largest absolute Gasteiger partial charge is 0.507 e. The fourth-order valence-corrected chi connectivity index (χ4v) is 1.46. The first-order chi connectivity index (χ1) is 9.04. The number of phenols is 1. The van der Waals surface area contributed by atoms with Crippen molar-refractivity contribution in [1.82, 2.24) is 16.2 Å². The van der Waals surface area contributed by atoms with Crippen molar-refractivity contribution in [2.75, 3.05) is 0 Å². The van der Waals surface area contributed by atoms with E-state index in [-0.39, 0.29) is 22.3 Å². The van der Waals surface area contributed by atoms with Gasteiger partial charge in [-0.15, -0.1) is 0 Å². The molecule has 0 radical (unpaired) electrons. The van der Waals surface area contributed by atoms with Crippen LogP contribution in [0.1, 0.15) is 30.1 Å². The van der Waals surface area contributed by atoms with Gasteiger partial charge in [-0.25, -0.2) is 0 Å². The minimum Gasteiger partial charge on any atom is -0.507 e. The number of benzene rings is 1. The molecule has 0 aliphatic rings. The van der Waals surface area contributed by atoms with E-state index in [4.69, 9.17) is 12.2 Å². The highest BCUT2D eigenvalue weighted by molar-refractivity contribution is 7.80. The summed E-state index contributed by atoms with van der Waals surface area (Å²) in [6, 6.07) is 6.09. The average Bonchev–Trinajstić information content (AvgIpc) is 2.36. The van der Waals surface area contributed by atoms with Crippen molar-refractivity contribution in [3.8, 4) is 5.75 Å². The zero-order valence-electron chi connectivity index (χ0n) is 10.4. The number of hydrogen-bond donors (Lipinski definition) is 4. The van der Waals surface area contributed by atoms with Crippen LogP contribution in [0, 0.1) is 0 Å². The number of aromatic hydroxyl groups is 1. The Morgan fingerprint density at radius 2 is 1.95 bits per heavy atom. The molecule has 2 amide bonds. The predicted molar refractivity (Wildman–Crippen MR) is 74.4 cm³/mol. The van der Waals surface area contributed by atoms with E-state index in [1.54, 1.807) is 12.1 Å². The molecular formula is C12H15N3O3S. The van der Waals surface area contributed by atoms with E-state index in [0.717, 1.165) is 0 Å². The summed E-state index contributed by atoms with van der Waals surface area (Å²) in [5.41, 5.74) is 4.78. The summed E-state index contributed by atoms with van der Waals surface area (Å²) in [7, 11) is 0. The Hall–Kier alpha value is -2.15. The van der Waals surface area contributed by atoms with Gasteiger partial charge in [0.2, 0.25) is 5.91 Å². The van der Waals surface area contributed by atoms with Gasteiger partial charge >= 0.3 is 0 Å². The second-order valence-electron chi connectivity index (χ2n) is 3.72. The third-order valence-corrected chi connectivity index (χ3v) is 2.37. The quantitative estimate of drug-likeness (QED) is 0.486. The summed E-state index contributed by atoms with van der Waals surface area (Å²) in [4.78, 5) is 22.9. The highest BCUT2D eigenvalue weighted by Gasteiger charge is 2.10. The molecule has 0 unspecified atom stereocenters. The molecule has 0 heterocycles. The fraction of sp³-hybridized carbons (Fsp3) is 0.250.